The van der Waals surface area contributed by atoms with Gasteiger partial charge in [-0.1, -0.05) is 42.5 Å². The van der Waals surface area contributed by atoms with Gasteiger partial charge in [-0.15, -0.1) is 0 Å². The van der Waals surface area contributed by atoms with E-state index >= 15 is 0 Å². The third-order valence-corrected chi connectivity index (χ3v) is 4.31. The first-order valence-electron chi connectivity index (χ1n) is 7.81. The maximum Gasteiger partial charge on any atom is 0.329 e. The zero-order valence-corrected chi connectivity index (χ0v) is 12.9. The Morgan fingerprint density at radius 3 is 2.61 bits per heavy atom. The number of allylic oxidation sites excluding steroid dienone is 1. The first kappa shape index (κ1) is 13.8. The second-order valence-electron chi connectivity index (χ2n) is 5.87. The molecule has 1 aliphatic carbocycles. The highest BCUT2D eigenvalue weighted by atomic mass is 16.7. The van der Waals surface area contributed by atoms with Gasteiger partial charge in [-0.25, -0.2) is 5.48 Å². The average molecular weight is 303 g/mol. The minimum absolute atomic E-state index is 0.344. The summed E-state index contributed by atoms with van der Waals surface area (Å²) < 4.78 is 0. The van der Waals surface area contributed by atoms with E-state index in [1.54, 1.807) is 0 Å². The minimum Gasteiger partial charge on any atom is -0.344 e. The van der Waals surface area contributed by atoms with E-state index in [9.17, 15) is 4.79 Å². The van der Waals surface area contributed by atoms with Crippen LogP contribution in [0.4, 0.5) is 0 Å². The lowest BCUT2D eigenvalue weighted by atomic mass is 9.89. The van der Waals surface area contributed by atoms with Gasteiger partial charge in [0.15, 0.2) is 0 Å². The van der Waals surface area contributed by atoms with Crippen molar-refractivity contribution in [2.75, 3.05) is 0 Å². The van der Waals surface area contributed by atoms with Gasteiger partial charge in [0.1, 0.15) is 0 Å². The van der Waals surface area contributed by atoms with Crippen LogP contribution in [0.2, 0.25) is 0 Å². The molecule has 0 saturated carbocycles. The van der Waals surface area contributed by atoms with E-state index in [-0.39, 0.29) is 5.97 Å². The second-order valence-corrected chi connectivity index (χ2v) is 5.87. The third-order valence-electron chi connectivity index (χ3n) is 4.31. The van der Waals surface area contributed by atoms with Crippen molar-refractivity contribution in [2.24, 2.45) is 0 Å². The largest absolute Gasteiger partial charge is 0.344 e. The Morgan fingerprint density at radius 1 is 1.04 bits per heavy atom. The second kappa shape index (κ2) is 5.43. The number of fused-ring (bicyclic) bond motifs is 4. The first-order valence-corrected chi connectivity index (χ1v) is 7.81. The normalized spacial score (nSPS) is 13.5. The van der Waals surface area contributed by atoms with Crippen LogP contribution in [0.1, 0.15) is 24.5 Å². The number of rotatable bonds is 2. The van der Waals surface area contributed by atoms with E-state index in [4.69, 9.17) is 4.84 Å². The SMILES string of the molecule is CC(=O)ONC1=CCCc2ccc3cc4ccccc4cc3c21. The van der Waals surface area contributed by atoms with Crippen LogP contribution in [-0.2, 0) is 16.1 Å². The van der Waals surface area contributed by atoms with Crippen LogP contribution in [0.3, 0.4) is 0 Å². The standard InChI is InChI=1S/C20H17NO2/c1-13(22)23-21-19-8-4-7-14-9-10-17-11-15-5-2-3-6-16(15)12-18(17)20(14)19/h2-3,5-6,8-12,21H,4,7H2,1H3. The van der Waals surface area contributed by atoms with Crippen LogP contribution in [0, 0.1) is 0 Å². The molecule has 0 unspecified atom stereocenters. The smallest absolute Gasteiger partial charge is 0.329 e. The summed E-state index contributed by atoms with van der Waals surface area (Å²) in [5.41, 5.74) is 6.13. The van der Waals surface area contributed by atoms with Crippen LogP contribution < -0.4 is 5.48 Å². The minimum atomic E-state index is -0.344. The van der Waals surface area contributed by atoms with Gasteiger partial charge in [-0.2, -0.15) is 0 Å². The zero-order chi connectivity index (χ0) is 15.8. The summed E-state index contributed by atoms with van der Waals surface area (Å²) in [5, 5.41) is 4.83. The molecule has 0 radical (unpaired) electrons. The van der Waals surface area contributed by atoms with Crippen molar-refractivity contribution in [3.05, 3.63) is 65.7 Å². The van der Waals surface area contributed by atoms with E-state index in [0.29, 0.717) is 0 Å². The third kappa shape index (κ3) is 2.44. The van der Waals surface area contributed by atoms with Crippen LogP contribution in [0.5, 0.6) is 0 Å². The molecule has 0 atom stereocenters. The molecule has 3 aromatic rings. The summed E-state index contributed by atoms with van der Waals surface area (Å²) in [5.74, 6) is -0.344. The molecule has 114 valence electrons. The predicted molar refractivity (Wildman–Crippen MR) is 92.7 cm³/mol. The van der Waals surface area contributed by atoms with Crippen molar-refractivity contribution in [3.63, 3.8) is 0 Å². The summed E-state index contributed by atoms with van der Waals surface area (Å²) in [6.45, 7) is 1.40. The summed E-state index contributed by atoms with van der Waals surface area (Å²) in [7, 11) is 0. The lowest BCUT2D eigenvalue weighted by Crippen LogP contribution is -2.19. The highest BCUT2D eigenvalue weighted by molar-refractivity contribution is 6.03. The molecule has 3 aromatic carbocycles. The van der Waals surface area contributed by atoms with Crippen molar-refractivity contribution in [3.8, 4) is 0 Å². The molecule has 0 saturated heterocycles. The molecular formula is C20H17NO2. The van der Waals surface area contributed by atoms with Gasteiger partial charge in [0.2, 0.25) is 0 Å². The van der Waals surface area contributed by atoms with Gasteiger partial charge in [-0.05, 0) is 52.1 Å². The van der Waals surface area contributed by atoms with E-state index in [1.807, 2.05) is 0 Å². The Labute approximate surface area is 134 Å². The van der Waals surface area contributed by atoms with Crippen molar-refractivity contribution in [1.82, 2.24) is 5.48 Å². The van der Waals surface area contributed by atoms with Crippen LogP contribution >= 0.6 is 0 Å². The Bertz CT molecular complexity index is 956. The van der Waals surface area contributed by atoms with E-state index in [2.05, 4.69) is 60.1 Å². The molecular weight excluding hydrogens is 286 g/mol. The van der Waals surface area contributed by atoms with E-state index in [0.717, 1.165) is 24.1 Å². The lowest BCUT2D eigenvalue weighted by molar-refractivity contribution is -0.145. The van der Waals surface area contributed by atoms with Crippen LogP contribution in [0.15, 0.2) is 54.6 Å². The van der Waals surface area contributed by atoms with Crippen LogP contribution in [-0.4, -0.2) is 5.97 Å². The number of hydroxylamine groups is 1. The molecule has 0 heterocycles. The number of hydrogen-bond acceptors (Lipinski definition) is 3. The van der Waals surface area contributed by atoms with Crippen molar-refractivity contribution in [2.45, 2.75) is 19.8 Å². The Kier molecular flexibility index (Phi) is 3.27. The molecule has 4 rings (SSSR count). The fourth-order valence-corrected chi connectivity index (χ4v) is 3.28. The maximum atomic E-state index is 11.1. The molecule has 0 amide bonds. The van der Waals surface area contributed by atoms with Gasteiger partial charge >= 0.3 is 5.97 Å². The Morgan fingerprint density at radius 2 is 1.83 bits per heavy atom. The fraction of sp³-hybridized carbons (Fsp3) is 0.150. The van der Waals surface area contributed by atoms with Crippen molar-refractivity contribution in [1.29, 1.82) is 0 Å². The molecule has 0 aliphatic heterocycles. The monoisotopic (exact) mass is 303 g/mol. The number of carbonyl (C=O) groups excluding carboxylic acids is 1. The van der Waals surface area contributed by atoms with E-state index < -0.39 is 0 Å². The molecule has 3 nitrogen and oxygen atoms in total. The molecule has 1 aliphatic rings. The predicted octanol–water partition coefficient (Wildman–Crippen LogP) is 4.35. The van der Waals surface area contributed by atoms with Gasteiger partial charge in [0.25, 0.3) is 0 Å². The fourth-order valence-electron chi connectivity index (χ4n) is 3.28. The van der Waals surface area contributed by atoms with Crippen molar-refractivity contribution < 1.29 is 9.63 Å². The zero-order valence-electron chi connectivity index (χ0n) is 12.9. The molecule has 0 aromatic heterocycles. The highest BCUT2D eigenvalue weighted by Crippen LogP contribution is 2.34. The molecule has 0 fully saturated rings. The number of benzene rings is 3. The van der Waals surface area contributed by atoms with Crippen LogP contribution in [0.25, 0.3) is 27.2 Å². The van der Waals surface area contributed by atoms with Gasteiger partial charge < -0.3 is 4.84 Å². The molecule has 0 bridgehead atoms. The summed E-state index contributed by atoms with van der Waals surface area (Å²) in [4.78, 5) is 16.1. The van der Waals surface area contributed by atoms with Gasteiger partial charge in [0, 0.05) is 12.5 Å². The lowest BCUT2D eigenvalue weighted by Gasteiger charge is -2.21. The summed E-state index contributed by atoms with van der Waals surface area (Å²) in [6.07, 6.45) is 4.04. The highest BCUT2D eigenvalue weighted by Gasteiger charge is 2.17. The van der Waals surface area contributed by atoms with Gasteiger partial charge in [-0.3, -0.25) is 4.79 Å². The van der Waals surface area contributed by atoms with E-state index in [1.165, 1.54) is 34.0 Å². The molecule has 1 N–H and O–H groups in total. The average Bonchev–Trinajstić information content (AvgIpc) is 2.57. The number of hydrogen-bond donors (Lipinski definition) is 1. The number of aryl methyl sites for hydroxylation is 1. The van der Waals surface area contributed by atoms with Crippen molar-refractivity contribution >= 4 is 33.2 Å². The number of nitrogens with one attached hydrogen (secondary N) is 1. The molecule has 3 heteroatoms. The van der Waals surface area contributed by atoms with Gasteiger partial charge in [0.05, 0.1) is 5.70 Å². The Balaban J connectivity index is 1.93. The summed E-state index contributed by atoms with van der Waals surface area (Å²) in [6, 6.07) is 17.1. The first-order chi connectivity index (χ1) is 11.2. The number of carbonyl (C=O) groups is 1. The molecule has 0 spiro atoms. The Hall–Kier alpha value is -2.81. The maximum absolute atomic E-state index is 11.1. The molecule has 23 heavy (non-hydrogen) atoms. The topological polar surface area (TPSA) is 38.3 Å². The quantitative estimate of drug-likeness (QED) is 0.565. The summed E-state index contributed by atoms with van der Waals surface area (Å²) >= 11 is 0.